The first-order chi connectivity index (χ1) is 8.70. The molecular weight excluding hydrogens is 230 g/mol. The number of carbonyl (C=O) groups is 1. The van der Waals surface area contributed by atoms with Crippen LogP contribution in [0, 0.1) is 0 Å². The van der Waals surface area contributed by atoms with Crippen LogP contribution in [0.5, 0.6) is 5.75 Å². The van der Waals surface area contributed by atoms with Gasteiger partial charge in [0, 0.05) is 12.5 Å². The van der Waals surface area contributed by atoms with E-state index < -0.39 is 0 Å². The molecule has 1 heterocycles. The monoisotopic (exact) mass is 243 g/mol. The van der Waals surface area contributed by atoms with E-state index in [2.05, 4.69) is 15.3 Å². The molecule has 2 rings (SSSR count). The SMILES string of the molecule is COc1ccccc1-c1cnc(NC(C)=O)cn1. The number of anilines is 1. The summed E-state index contributed by atoms with van der Waals surface area (Å²) in [4.78, 5) is 19.2. The Bertz CT molecular complexity index is 552. The lowest BCUT2D eigenvalue weighted by Gasteiger charge is -2.07. The number of benzene rings is 1. The number of methoxy groups -OCH3 is 1. The molecule has 0 unspecified atom stereocenters. The molecule has 0 radical (unpaired) electrons. The molecule has 92 valence electrons. The predicted molar refractivity (Wildman–Crippen MR) is 68.3 cm³/mol. The predicted octanol–water partition coefficient (Wildman–Crippen LogP) is 2.11. The average molecular weight is 243 g/mol. The zero-order valence-electron chi connectivity index (χ0n) is 10.2. The van der Waals surface area contributed by atoms with Gasteiger partial charge in [0.05, 0.1) is 25.2 Å². The molecule has 0 aliphatic rings. The van der Waals surface area contributed by atoms with Crippen molar-refractivity contribution in [2.45, 2.75) is 6.92 Å². The van der Waals surface area contributed by atoms with Crippen molar-refractivity contribution in [2.24, 2.45) is 0 Å². The highest BCUT2D eigenvalue weighted by Gasteiger charge is 2.06. The normalized spacial score (nSPS) is 9.89. The van der Waals surface area contributed by atoms with Crippen LogP contribution < -0.4 is 10.1 Å². The van der Waals surface area contributed by atoms with Crippen LogP contribution >= 0.6 is 0 Å². The third kappa shape index (κ3) is 2.63. The maximum absolute atomic E-state index is 10.9. The number of hydrogen-bond donors (Lipinski definition) is 1. The molecule has 2 aromatic rings. The Balaban J connectivity index is 2.31. The fourth-order valence-corrected chi connectivity index (χ4v) is 1.57. The number of carbonyl (C=O) groups excluding carboxylic acids is 1. The van der Waals surface area contributed by atoms with Gasteiger partial charge >= 0.3 is 0 Å². The molecule has 1 aromatic heterocycles. The van der Waals surface area contributed by atoms with Crippen LogP contribution in [0.4, 0.5) is 5.82 Å². The number of aromatic nitrogens is 2. The summed E-state index contributed by atoms with van der Waals surface area (Å²) in [6.45, 7) is 1.43. The molecule has 0 saturated carbocycles. The smallest absolute Gasteiger partial charge is 0.222 e. The first-order valence-electron chi connectivity index (χ1n) is 5.43. The minimum Gasteiger partial charge on any atom is -0.496 e. The second-order valence-corrected chi connectivity index (χ2v) is 3.67. The van der Waals surface area contributed by atoms with E-state index >= 15 is 0 Å². The van der Waals surface area contributed by atoms with Crippen molar-refractivity contribution in [1.29, 1.82) is 0 Å². The molecule has 0 bridgehead atoms. The van der Waals surface area contributed by atoms with Crippen molar-refractivity contribution in [3.8, 4) is 17.0 Å². The Morgan fingerprint density at radius 3 is 2.61 bits per heavy atom. The molecule has 0 spiro atoms. The average Bonchev–Trinajstić information content (AvgIpc) is 2.39. The molecule has 1 N–H and O–H groups in total. The van der Waals surface area contributed by atoms with Crippen LogP contribution in [0.15, 0.2) is 36.7 Å². The minimum absolute atomic E-state index is 0.172. The lowest BCUT2D eigenvalue weighted by Crippen LogP contribution is -2.07. The lowest BCUT2D eigenvalue weighted by molar-refractivity contribution is -0.114. The molecule has 0 fully saturated rings. The van der Waals surface area contributed by atoms with Gasteiger partial charge < -0.3 is 10.1 Å². The molecule has 1 aromatic carbocycles. The number of nitrogens with zero attached hydrogens (tertiary/aromatic N) is 2. The number of rotatable bonds is 3. The number of amides is 1. The van der Waals surface area contributed by atoms with Crippen molar-refractivity contribution < 1.29 is 9.53 Å². The second kappa shape index (κ2) is 5.27. The van der Waals surface area contributed by atoms with Gasteiger partial charge in [-0.3, -0.25) is 9.78 Å². The third-order valence-corrected chi connectivity index (χ3v) is 2.34. The Morgan fingerprint density at radius 2 is 2.00 bits per heavy atom. The highest BCUT2D eigenvalue weighted by atomic mass is 16.5. The van der Waals surface area contributed by atoms with E-state index in [1.165, 1.54) is 13.1 Å². The van der Waals surface area contributed by atoms with Gasteiger partial charge in [0.2, 0.25) is 5.91 Å². The molecule has 1 amide bonds. The summed E-state index contributed by atoms with van der Waals surface area (Å²) >= 11 is 0. The summed E-state index contributed by atoms with van der Waals surface area (Å²) in [6, 6.07) is 7.56. The summed E-state index contributed by atoms with van der Waals surface area (Å²) in [5, 5.41) is 2.57. The Hall–Kier alpha value is -2.43. The summed E-state index contributed by atoms with van der Waals surface area (Å²) in [7, 11) is 1.61. The highest BCUT2D eigenvalue weighted by molar-refractivity contribution is 5.87. The lowest BCUT2D eigenvalue weighted by atomic mass is 10.1. The van der Waals surface area contributed by atoms with Gasteiger partial charge in [-0.15, -0.1) is 0 Å². The van der Waals surface area contributed by atoms with Crippen molar-refractivity contribution >= 4 is 11.7 Å². The minimum atomic E-state index is -0.172. The molecule has 5 nitrogen and oxygen atoms in total. The van der Waals surface area contributed by atoms with E-state index in [0.717, 1.165) is 11.3 Å². The maximum Gasteiger partial charge on any atom is 0.222 e. The van der Waals surface area contributed by atoms with Crippen LogP contribution in [0.25, 0.3) is 11.3 Å². The van der Waals surface area contributed by atoms with E-state index in [9.17, 15) is 4.79 Å². The number of nitrogens with one attached hydrogen (secondary N) is 1. The molecule has 5 heteroatoms. The highest BCUT2D eigenvalue weighted by Crippen LogP contribution is 2.27. The summed E-state index contributed by atoms with van der Waals surface area (Å²) in [6.07, 6.45) is 3.12. The largest absolute Gasteiger partial charge is 0.496 e. The standard InChI is InChI=1S/C13H13N3O2/c1-9(17)16-13-8-14-11(7-15-13)10-5-3-4-6-12(10)18-2/h3-8H,1-2H3,(H,15,16,17). The molecule has 0 atom stereocenters. The Morgan fingerprint density at radius 1 is 1.22 bits per heavy atom. The van der Waals surface area contributed by atoms with Gasteiger partial charge in [-0.2, -0.15) is 0 Å². The maximum atomic E-state index is 10.9. The van der Waals surface area contributed by atoms with Crippen molar-refractivity contribution in [2.75, 3.05) is 12.4 Å². The topological polar surface area (TPSA) is 64.1 Å². The van der Waals surface area contributed by atoms with Gasteiger partial charge in [0.15, 0.2) is 5.82 Å². The molecule has 0 aliphatic heterocycles. The second-order valence-electron chi connectivity index (χ2n) is 3.67. The van der Waals surface area contributed by atoms with Crippen molar-refractivity contribution in [3.63, 3.8) is 0 Å². The zero-order valence-corrected chi connectivity index (χ0v) is 10.2. The van der Waals surface area contributed by atoms with Gasteiger partial charge in [0.1, 0.15) is 5.75 Å². The quantitative estimate of drug-likeness (QED) is 0.896. The summed E-state index contributed by atoms with van der Waals surface area (Å²) in [5.41, 5.74) is 1.56. The van der Waals surface area contributed by atoms with E-state index in [4.69, 9.17) is 4.74 Å². The van der Waals surface area contributed by atoms with Crippen molar-refractivity contribution in [1.82, 2.24) is 9.97 Å². The van der Waals surface area contributed by atoms with Gasteiger partial charge in [-0.1, -0.05) is 12.1 Å². The van der Waals surface area contributed by atoms with Crippen LogP contribution in [0.2, 0.25) is 0 Å². The van der Waals surface area contributed by atoms with Crippen molar-refractivity contribution in [3.05, 3.63) is 36.7 Å². The van der Waals surface area contributed by atoms with Gasteiger partial charge in [-0.25, -0.2) is 4.98 Å². The fourth-order valence-electron chi connectivity index (χ4n) is 1.57. The van der Waals surface area contributed by atoms with Crippen LogP contribution in [-0.4, -0.2) is 23.0 Å². The van der Waals surface area contributed by atoms with E-state index in [-0.39, 0.29) is 5.91 Å². The van der Waals surface area contributed by atoms with Gasteiger partial charge in [-0.05, 0) is 12.1 Å². The first-order valence-corrected chi connectivity index (χ1v) is 5.43. The summed E-state index contributed by atoms with van der Waals surface area (Å²) in [5.74, 6) is 0.995. The van der Waals surface area contributed by atoms with Gasteiger partial charge in [0.25, 0.3) is 0 Å². The van der Waals surface area contributed by atoms with Crippen LogP contribution in [0.3, 0.4) is 0 Å². The number of hydrogen-bond acceptors (Lipinski definition) is 4. The molecule has 0 saturated heterocycles. The van der Waals surface area contributed by atoms with Crippen LogP contribution in [0.1, 0.15) is 6.92 Å². The van der Waals surface area contributed by atoms with E-state index in [0.29, 0.717) is 11.5 Å². The third-order valence-electron chi connectivity index (χ3n) is 2.34. The number of ether oxygens (including phenoxy) is 1. The Kier molecular flexibility index (Phi) is 3.52. The van der Waals surface area contributed by atoms with Crippen LogP contribution in [-0.2, 0) is 4.79 Å². The molecule has 0 aliphatic carbocycles. The molecular formula is C13H13N3O2. The molecule has 18 heavy (non-hydrogen) atoms. The summed E-state index contributed by atoms with van der Waals surface area (Å²) < 4.78 is 5.26. The first kappa shape index (κ1) is 12.0. The van der Waals surface area contributed by atoms with E-state index in [1.807, 2.05) is 24.3 Å². The zero-order chi connectivity index (χ0) is 13.0. The van der Waals surface area contributed by atoms with E-state index in [1.54, 1.807) is 13.3 Å². The fraction of sp³-hybridized carbons (Fsp3) is 0.154. The number of para-hydroxylation sites is 1. The Labute approximate surface area is 105 Å².